The third kappa shape index (κ3) is 3.89. The molecule has 0 spiro atoms. The average Bonchev–Trinajstić information content (AvgIpc) is 3.50. The summed E-state index contributed by atoms with van der Waals surface area (Å²) in [6, 6.07) is 18.5. The van der Waals surface area contributed by atoms with E-state index in [1.165, 1.54) is 0 Å². The summed E-state index contributed by atoms with van der Waals surface area (Å²) >= 11 is 0. The Balaban J connectivity index is 1.46. The van der Waals surface area contributed by atoms with E-state index in [2.05, 4.69) is 28.6 Å². The van der Waals surface area contributed by atoms with Gasteiger partial charge in [0, 0.05) is 43.3 Å². The predicted octanol–water partition coefficient (Wildman–Crippen LogP) is 4.52. The highest BCUT2D eigenvalue weighted by Gasteiger charge is 2.28. The lowest BCUT2D eigenvalue weighted by Crippen LogP contribution is -2.39. The van der Waals surface area contributed by atoms with Crippen molar-refractivity contribution in [3.8, 4) is 16.9 Å². The molecular weight excluding hydrogens is 386 g/mol. The van der Waals surface area contributed by atoms with Gasteiger partial charge in [0.15, 0.2) is 0 Å². The molecule has 156 valence electrons. The fourth-order valence-corrected chi connectivity index (χ4v) is 4.27. The third-order valence-electron chi connectivity index (χ3n) is 5.96. The Morgan fingerprint density at radius 2 is 1.84 bits per heavy atom. The van der Waals surface area contributed by atoms with E-state index in [0.717, 1.165) is 48.4 Å². The van der Waals surface area contributed by atoms with Gasteiger partial charge in [0.25, 0.3) is 5.91 Å². The van der Waals surface area contributed by atoms with E-state index >= 15 is 0 Å². The fraction of sp³-hybridized carbons (Fsp3) is 0.240. The molecule has 0 unspecified atom stereocenters. The number of carbonyl (C=O) groups is 1. The lowest BCUT2D eigenvalue weighted by molar-refractivity contribution is 0.0695. The van der Waals surface area contributed by atoms with E-state index in [0.29, 0.717) is 11.6 Å². The number of carbonyl (C=O) groups excluding carboxylic acids is 1. The van der Waals surface area contributed by atoms with E-state index in [4.69, 9.17) is 5.10 Å². The molecule has 1 amide bonds. The lowest BCUT2D eigenvalue weighted by Gasteiger charge is -2.32. The van der Waals surface area contributed by atoms with E-state index in [1.807, 2.05) is 77.0 Å². The van der Waals surface area contributed by atoms with Gasteiger partial charge in [-0.2, -0.15) is 5.10 Å². The number of aromatic nitrogens is 4. The van der Waals surface area contributed by atoms with Gasteiger partial charge in [-0.05, 0) is 38.0 Å². The number of piperidine rings is 1. The van der Waals surface area contributed by atoms with Crippen LogP contribution in [0.15, 0.2) is 79.5 Å². The van der Waals surface area contributed by atoms with Crippen molar-refractivity contribution in [2.45, 2.75) is 25.8 Å². The van der Waals surface area contributed by atoms with Crippen molar-refractivity contribution in [3.05, 3.63) is 90.6 Å². The van der Waals surface area contributed by atoms with Crippen molar-refractivity contribution >= 4 is 5.91 Å². The number of nitrogens with zero attached hydrogens (tertiary/aromatic N) is 5. The molecule has 0 atom stereocenters. The largest absolute Gasteiger partial charge is 0.338 e. The Morgan fingerprint density at radius 1 is 1.03 bits per heavy atom. The van der Waals surface area contributed by atoms with Crippen LogP contribution < -0.4 is 0 Å². The first-order chi connectivity index (χ1) is 15.2. The molecule has 1 saturated heterocycles. The van der Waals surface area contributed by atoms with Crippen LogP contribution in [0.2, 0.25) is 0 Å². The van der Waals surface area contributed by atoms with Crippen molar-refractivity contribution in [1.82, 2.24) is 24.2 Å². The second-order valence-corrected chi connectivity index (χ2v) is 8.07. The highest BCUT2D eigenvalue weighted by Crippen LogP contribution is 2.28. The summed E-state index contributed by atoms with van der Waals surface area (Å²) in [7, 11) is 0. The maximum absolute atomic E-state index is 13.6. The van der Waals surface area contributed by atoms with Gasteiger partial charge in [0.1, 0.15) is 5.69 Å². The third-order valence-corrected chi connectivity index (χ3v) is 5.96. The van der Waals surface area contributed by atoms with Crippen LogP contribution in [-0.4, -0.2) is 43.2 Å². The van der Waals surface area contributed by atoms with Crippen molar-refractivity contribution in [2.24, 2.45) is 0 Å². The van der Waals surface area contributed by atoms with Crippen molar-refractivity contribution in [2.75, 3.05) is 13.1 Å². The van der Waals surface area contributed by atoms with Crippen molar-refractivity contribution < 1.29 is 4.79 Å². The molecule has 2 aromatic carbocycles. The Labute approximate surface area is 181 Å². The molecule has 0 aliphatic carbocycles. The Bertz CT molecular complexity index is 1170. The lowest BCUT2D eigenvalue weighted by atomic mass is 10.0. The predicted molar refractivity (Wildman–Crippen MR) is 120 cm³/mol. The van der Waals surface area contributed by atoms with Gasteiger partial charge in [-0.1, -0.05) is 42.0 Å². The van der Waals surface area contributed by atoms with Gasteiger partial charge in [-0.15, -0.1) is 0 Å². The number of amides is 1. The molecule has 1 fully saturated rings. The second-order valence-electron chi connectivity index (χ2n) is 8.07. The van der Waals surface area contributed by atoms with Gasteiger partial charge in [0.2, 0.25) is 0 Å². The van der Waals surface area contributed by atoms with Gasteiger partial charge < -0.3 is 9.47 Å². The van der Waals surface area contributed by atoms with Crippen LogP contribution in [0.4, 0.5) is 0 Å². The van der Waals surface area contributed by atoms with Gasteiger partial charge in [-0.3, -0.25) is 4.79 Å². The molecule has 31 heavy (non-hydrogen) atoms. The minimum Gasteiger partial charge on any atom is -0.338 e. The van der Waals surface area contributed by atoms with Crippen LogP contribution in [-0.2, 0) is 0 Å². The maximum atomic E-state index is 13.6. The summed E-state index contributed by atoms with van der Waals surface area (Å²) in [4.78, 5) is 19.7. The van der Waals surface area contributed by atoms with Crippen LogP contribution in [0.25, 0.3) is 16.9 Å². The van der Waals surface area contributed by atoms with E-state index in [9.17, 15) is 4.79 Å². The second kappa shape index (κ2) is 8.22. The van der Waals surface area contributed by atoms with Crippen LogP contribution in [0.1, 0.15) is 34.8 Å². The minimum absolute atomic E-state index is 0.0442. The zero-order valence-corrected chi connectivity index (χ0v) is 17.6. The fourth-order valence-electron chi connectivity index (χ4n) is 4.27. The molecule has 0 saturated carbocycles. The Hall–Kier alpha value is -3.67. The molecule has 3 heterocycles. The molecule has 1 aliphatic rings. The first kappa shape index (κ1) is 19.3. The molecule has 0 N–H and O–H groups in total. The molecule has 6 heteroatoms. The van der Waals surface area contributed by atoms with E-state index in [1.54, 1.807) is 0 Å². The topological polar surface area (TPSA) is 56.0 Å². The van der Waals surface area contributed by atoms with E-state index < -0.39 is 0 Å². The van der Waals surface area contributed by atoms with Gasteiger partial charge in [0.05, 0.1) is 17.6 Å². The first-order valence-electron chi connectivity index (χ1n) is 10.7. The van der Waals surface area contributed by atoms with Crippen LogP contribution >= 0.6 is 0 Å². The molecule has 0 radical (unpaired) electrons. The van der Waals surface area contributed by atoms with Crippen molar-refractivity contribution in [3.63, 3.8) is 0 Å². The zero-order valence-electron chi connectivity index (χ0n) is 17.6. The first-order valence-corrected chi connectivity index (χ1v) is 10.7. The average molecular weight is 412 g/mol. The van der Waals surface area contributed by atoms with Gasteiger partial charge in [-0.25, -0.2) is 9.67 Å². The number of hydrogen-bond acceptors (Lipinski definition) is 3. The number of para-hydroxylation sites is 1. The molecule has 4 aromatic rings. The van der Waals surface area contributed by atoms with Crippen LogP contribution in [0, 0.1) is 6.92 Å². The van der Waals surface area contributed by atoms with Crippen molar-refractivity contribution in [1.29, 1.82) is 0 Å². The Kier molecular flexibility index (Phi) is 5.12. The maximum Gasteiger partial charge on any atom is 0.257 e. The summed E-state index contributed by atoms with van der Waals surface area (Å²) in [6.07, 6.45) is 9.40. The standard InChI is InChI=1S/C25H25N5O/c1-19-6-5-7-20(16-19)24-23(17-30(27-24)22-8-3-2-4-9-22)25(31)28-13-10-21(11-14-28)29-15-12-26-18-29/h2-9,12,15-18,21H,10-11,13-14H2,1H3. The summed E-state index contributed by atoms with van der Waals surface area (Å²) in [5, 5.41) is 4.82. The van der Waals surface area contributed by atoms with Crippen LogP contribution in [0.5, 0.6) is 0 Å². The number of benzene rings is 2. The van der Waals surface area contributed by atoms with Crippen LogP contribution in [0.3, 0.4) is 0 Å². The smallest absolute Gasteiger partial charge is 0.257 e. The zero-order chi connectivity index (χ0) is 21.2. The number of rotatable bonds is 4. The number of hydrogen-bond donors (Lipinski definition) is 0. The SMILES string of the molecule is Cc1cccc(-c2nn(-c3ccccc3)cc2C(=O)N2CCC(n3ccnc3)CC2)c1. The Morgan fingerprint density at radius 3 is 2.55 bits per heavy atom. The van der Waals surface area contributed by atoms with Gasteiger partial charge >= 0.3 is 0 Å². The summed E-state index contributed by atoms with van der Waals surface area (Å²) in [5.41, 5.74) is 4.43. The number of aryl methyl sites for hydroxylation is 1. The molecule has 1 aliphatic heterocycles. The molecule has 5 rings (SSSR count). The molecule has 0 bridgehead atoms. The monoisotopic (exact) mass is 411 g/mol. The number of imidazole rings is 1. The highest BCUT2D eigenvalue weighted by molar-refractivity contribution is 6.00. The molecule has 2 aromatic heterocycles. The quantitative estimate of drug-likeness (QED) is 0.496. The number of likely N-dealkylation sites (tertiary alicyclic amines) is 1. The normalized spacial score (nSPS) is 14.7. The minimum atomic E-state index is 0.0442. The van der Waals surface area contributed by atoms with E-state index in [-0.39, 0.29) is 5.91 Å². The molecular formula is C25H25N5O. The summed E-state index contributed by atoms with van der Waals surface area (Å²) in [6.45, 7) is 3.51. The molecule has 6 nitrogen and oxygen atoms in total. The summed E-state index contributed by atoms with van der Waals surface area (Å²) in [5.74, 6) is 0.0442. The highest BCUT2D eigenvalue weighted by atomic mass is 16.2. The summed E-state index contributed by atoms with van der Waals surface area (Å²) < 4.78 is 3.95.